The number of nitrogens with zero attached hydrogens (tertiary/aromatic N) is 3. The highest BCUT2D eigenvalue weighted by Gasteiger charge is 2.14. The van der Waals surface area contributed by atoms with Crippen LogP contribution in [0.3, 0.4) is 0 Å². The molecule has 0 spiro atoms. The second-order valence-corrected chi connectivity index (χ2v) is 6.21. The zero-order chi connectivity index (χ0) is 17.6. The third-order valence-electron chi connectivity index (χ3n) is 3.82. The molecule has 1 aromatic heterocycles. The van der Waals surface area contributed by atoms with Crippen LogP contribution in [0.15, 0.2) is 48.5 Å². The first-order chi connectivity index (χ1) is 12.2. The Kier molecular flexibility index (Phi) is 5.79. The maximum Gasteiger partial charge on any atom is 0.124 e. The molecular weight excluding hydrogens is 339 g/mol. The SMILES string of the molecule is CCCNCc1nn(Cc2ccc(F)cc2Cl)nc1-c1ccccc1. The van der Waals surface area contributed by atoms with Gasteiger partial charge in [-0.1, -0.05) is 54.9 Å². The van der Waals surface area contributed by atoms with Crippen molar-refractivity contribution >= 4 is 11.6 Å². The molecule has 0 bridgehead atoms. The lowest BCUT2D eigenvalue weighted by Crippen LogP contribution is -2.15. The van der Waals surface area contributed by atoms with Crippen molar-refractivity contribution in [3.05, 3.63) is 70.6 Å². The second kappa shape index (κ2) is 8.23. The van der Waals surface area contributed by atoms with Crippen molar-refractivity contribution in [1.82, 2.24) is 20.3 Å². The third kappa shape index (κ3) is 4.44. The summed E-state index contributed by atoms with van der Waals surface area (Å²) in [6, 6.07) is 14.3. The highest BCUT2D eigenvalue weighted by Crippen LogP contribution is 2.22. The average Bonchev–Trinajstić information content (AvgIpc) is 3.01. The van der Waals surface area contributed by atoms with Crippen LogP contribution in [0.2, 0.25) is 5.02 Å². The maximum atomic E-state index is 13.2. The lowest BCUT2D eigenvalue weighted by molar-refractivity contribution is 0.574. The van der Waals surface area contributed by atoms with E-state index >= 15 is 0 Å². The van der Waals surface area contributed by atoms with Crippen LogP contribution in [0, 0.1) is 5.82 Å². The molecule has 1 heterocycles. The number of benzene rings is 2. The lowest BCUT2D eigenvalue weighted by Gasteiger charge is -2.03. The van der Waals surface area contributed by atoms with Crippen LogP contribution in [0.25, 0.3) is 11.3 Å². The molecule has 3 aromatic rings. The van der Waals surface area contributed by atoms with E-state index in [-0.39, 0.29) is 5.82 Å². The van der Waals surface area contributed by atoms with Gasteiger partial charge in [-0.3, -0.25) is 0 Å². The molecule has 0 aliphatic heterocycles. The van der Waals surface area contributed by atoms with Gasteiger partial charge in [0.15, 0.2) is 0 Å². The monoisotopic (exact) mass is 358 g/mol. The normalized spacial score (nSPS) is 11.0. The molecule has 6 heteroatoms. The van der Waals surface area contributed by atoms with Crippen molar-refractivity contribution < 1.29 is 4.39 Å². The summed E-state index contributed by atoms with van der Waals surface area (Å²) in [6.45, 7) is 4.09. The number of rotatable bonds is 7. The molecule has 4 nitrogen and oxygen atoms in total. The molecule has 0 saturated heterocycles. The predicted octanol–water partition coefficient (Wildman–Crippen LogP) is 4.29. The van der Waals surface area contributed by atoms with Gasteiger partial charge < -0.3 is 5.32 Å². The van der Waals surface area contributed by atoms with Crippen LogP contribution in [-0.2, 0) is 13.1 Å². The number of nitrogens with one attached hydrogen (secondary N) is 1. The summed E-state index contributed by atoms with van der Waals surface area (Å²) in [7, 11) is 0. The highest BCUT2D eigenvalue weighted by molar-refractivity contribution is 6.31. The third-order valence-corrected chi connectivity index (χ3v) is 4.17. The maximum absolute atomic E-state index is 13.2. The standard InChI is InChI=1S/C19H20ClFN4/c1-2-10-22-12-18-19(14-6-4-3-5-7-14)24-25(23-18)13-15-8-9-16(21)11-17(15)20/h3-9,11,22H,2,10,12-13H2,1H3. The van der Waals surface area contributed by atoms with E-state index in [1.807, 2.05) is 30.3 Å². The fourth-order valence-electron chi connectivity index (χ4n) is 2.58. The summed E-state index contributed by atoms with van der Waals surface area (Å²) in [4.78, 5) is 1.62. The zero-order valence-corrected chi connectivity index (χ0v) is 14.8. The Labute approximate surface area is 151 Å². The van der Waals surface area contributed by atoms with Crippen molar-refractivity contribution in [1.29, 1.82) is 0 Å². The highest BCUT2D eigenvalue weighted by atomic mass is 35.5. The van der Waals surface area contributed by atoms with Gasteiger partial charge in [0, 0.05) is 17.1 Å². The molecule has 0 radical (unpaired) electrons. The van der Waals surface area contributed by atoms with Crippen molar-refractivity contribution in [3.8, 4) is 11.3 Å². The van der Waals surface area contributed by atoms with E-state index in [0.29, 0.717) is 18.1 Å². The van der Waals surface area contributed by atoms with Crippen molar-refractivity contribution in [2.24, 2.45) is 0 Å². The number of hydrogen-bond acceptors (Lipinski definition) is 3. The van der Waals surface area contributed by atoms with Gasteiger partial charge in [-0.15, -0.1) is 0 Å². The van der Waals surface area contributed by atoms with E-state index in [0.717, 1.165) is 35.5 Å². The average molecular weight is 359 g/mol. The smallest absolute Gasteiger partial charge is 0.124 e. The van der Waals surface area contributed by atoms with Crippen molar-refractivity contribution in [2.75, 3.05) is 6.54 Å². The first kappa shape index (κ1) is 17.6. The van der Waals surface area contributed by atoms with E-state index in [1.165, 1.54) is 12.1 Å². The Bertz CT molecular complexity index is 833. The van der Waals surface area contributed by atoms with Crippen LogP contribution < -0.4 is 5.32 Å². The van der Waals surface area contributed by atoms with E-state index in [4.69, 9.17) is 11.6 Å². The Balaban J connectivity index is 1.89. The van der Waals surface area contributed by atoms with Gasteiger partial charge in [-0.05, 0) is 30.7 Å². The molecular formula is C19H20ClFN4. The first-order valence-electron chi connectivity index (χ1n) is 8.31. The molecule has 25 heavy (non-hydrogen) atoms. The topological polar surface area (TPSA) is 42.7 Å². The fourth-order valence-corrected chi connectivity index (χ4v) is 2.81. The number of halogens is 2. The summed E-state index contributed by atoms with van der Waals surface area (Å²) < 4.78 is 13.2. The second-order valence-electron chi connectivity index (χ2n) is 5.80. The minimum absolute atomic E-state index is 0.350. The van der Waals surface area contributed by atoms with Gasteiger partial charge in [0.2, 0.25) is 0 Å². The van der Waals surface area contributed by atoms with Crippen LogP contribution in [0.5, 0.6) is 0 Å². The summed E-state index contributed by atoms with van der Waals surface area (Å²) in [5.41, 5.74) is 3.54. The molecule has 0 aliphatic rings. The van der Waals surface area contributed by atoms with E-state index in [1.54, 1.807) is 10.9 Å². The molecule has 0 amide bonds. The summed E-state index contributed by atoms with van der Waals surface area (Å²) >= 11 is 6.12. The van der Waals surface area contributed by atoms with Crippen molar-refractivity contribution in [2.45, 2.75) is 26.4 Å². The van der Waals surface area contributed by atoms with E-state index in [9.17, 15) is 4.39 Å². The van der Waals surface area contributed by atoms with Gasteiger partial charge in [0.25, 0.3) is 0 Å². The van der Waals surface area contributed by atoms with Crippen LogP contribution in [-0.4, -0.2) is 21.5 Å². The molecule has 0 aliphatic carbocycles. The zero-order valence-electron chi connectivity index (χ0n) is 14.0. The lowest BCUT2D eigenvalue weighted by atomic mass is 10.1. The summed E-state index contributed by atoms with van der Waals surface area (Å²) in [5, 5.41) is 13.0. The van der Waals surface area contributed by atoms with Gasteiger partial charge >= 0.3 is 0 Å². The van der Waals surface area contributed by atoms with E-state index < -0.39 is 0 Å². The molecule has 2 aromatic carbocycles. The van der Waals surface area contributed by atoms with Crippen molar-refractivity contribution in [3.63, 3.8) is 0 Å². The molecule has 130 valence electrons. The number of aromatic nitrogens is 3. The Morgan fingerprint density at radius 3 is 2.64 bits per heavy atom. The van der Waals surface area contributed by atoms with E-state index in [2.05, 4.69) is 22.4 Å². The summed E-state index contributed by atoms with van der Waals surface area (Å²) in [6.07, 6.45) is 1.06. The van der Waals surface area contributed by atoms with Crippen LogP contribution >= 0.6 is 11.6 Å². The molecule has 1 N–H and O–H groups in total. The number of hydrogen-bond donors (Lipinski definition) is 1. The van der Waals surface area contributed by atoms with Gasteiger partial charge in [-0.2, -0.15) is 15.0 Å². The largest absolute Gasteiger partial charge is 0.311 e. The minimum Gasteiger partial charge on any atom is -0.311 e. The molecule has 0 atom stereocenters. The quantitative estimate of drug-likeness (QED) is 0.641. The minimum atomic E-state index is -0.350. The van der Waals surface area contributed by atoms with Crippen LogP contribution in [0.1, 0.15) is 24.6 Å². The van der Waals surface area contributed by atoms with Gasteiger partial charge in [0.1, 0.15) is 17.2 Å². The van der Waals surface area contributed by atoms with Gasteiger partial charge in [-0.25, -0.2) is 4.39 Å². The Morgan fingerprint density at radius 2 is 1.92 bits per heavy atom. The summed E-state index contributed by atoms with van der Waals surface area (Å²) in [5.74, 6) is -0.350. The Hall–Kier alpha value is -2.24. The van der Waals surface area contributed by atoms with Crippen LogP contribution in [0.4, 0.5) is 4.39 Å². The molecule has 3 rings (SSSR count). The van der Waals surface area contributed by atoms with Gasteiger partial charge in [0.05, 0.1) is 6.54 Å². The fraction of sp³-hybridized carbons (Fsp3) is 0.263. The molecule has 0 unspecified atom stereocenters. The predicted molar refractivity (Wildman–Crippen MR) is 98.0 cm³/mol. The molecule has 0 saturated carbocycles. The molecule has 0 fully saturated rings. The Morgan fingerprint density at radius 1 is 1.12 bits per heavy atom. The first-order valence-corrected chi connectivity index (χ1v) is 8.69.